The van der Waals surface area contributed by atoms with Crippen LogP contribution in [0.15, 0.2) is 24.3 Å². The summed E-state index contributed by atoms with van der Waals surface area (Å²) in [6.07, 6.45) is 0.463. The molecule has 0 saturated heterocycles. The first-order chi connectivity index (χ1) is 9.23. The average Bonchev–Trinajstić information content (AvgIpc) is 2.37. The van der Waals surface area contributed by atoms with Crippen LogP contribution in [0.5, 0.6) is 0 Å². The van der Waals surface area contributed by atoms with Crippen LogP contribution in [0.1, 0.15) is 36.7 Å². The van der Waals surface area contributed by atoms with Gasteiger partial charge in [0.1, 0.15) is 0 Å². The second kappa shape index (κ2) is 6.52. The lowest BCUT2D eigenvalue weighted by atomic mass is 9.87. The maximum Gasteiger partial charge on any atom is 0.335 e. The van der Waals surface area contributed by atoms with E-state index in [1.54, 1.807) is 24.3 Å². The summed E-state index contributed by atoms with van der Waals surface area (Å²) < 4.78 is 0. The smallest absolute Gasteiger partial charge is 0.335 e. The molecule has 1 rings (SSSR count). The third-order valence-corrected chi connectivity index (χ3v) is 3.16. The van der Waals surface area contributed by atoms with E-state index in [4.69, 9.17) is 10.8 Å². The molecule has 0 saturated carbocycles. The quantitative estimate of drug-likeness (QED) is 0.759. The van der Waals surface area contributed by atoms with Gasteiger partial charge in [0, 0.05) is 6.54 Å². The maximum absolute atomic E-state index is 11.8. The molecule has 0 bridgehead atoms. The first kappa shape index (κ1) is 16.2. The van der Waals surface area contributed by atoms with Crippen LogP contribution in [-0.2, 0) is 11.2 Å². The minimum absolute atomic E-state index is 0.217. The van der Waals surface area contributed by atoms with Crippen LogP contribution in [0, 0.1) is 5.41 Å². The van der Waals surface area contributed by atoms with Gasteiger partial charge in [-0.15, -0.1) is 0 Å². The van der Waals surface area contributed by atoms with Gasteiger partial charge in [-0.2, -0.15) is 0 Å². The fourth-order valence-electron chi connectivity index (χ4n) is 1.77. The maximum atomic E-state index is 11.8. The first-order valence-electron chi connectivity index (χ1n) is 6.58. The second-order valence-corrected chi connectivity index (χ2v) is 5.85. The van der Waals surface area contributed by atoms with Gasteiger partial charge in [-0.3, -0.25) is 4.79 Å². The highest BCUT2D eigenvalue weighted by atomic mass is 16.4. The summed E-state index contributed by atoms with van der Waals surface area (Å²) in [5, 5.41) is 11.8. The predicted molar refractivity (Wildman–Crippen MR) is 77.5 cm³/mol. The summed E-state index contributed by atoms with van der Waals surface area (Å²) in [6.45, 7) is 6.07. The Balaban J connectivity index is 2.58. The molecule has 110 valence electrons. The minimum atomic E-state index is -0.960. The molecule has 1 aromatic carbocycles. The Morgan fingerprint density at radius 1 is 1.30 bits per heavy atom. The molecule has 1 atom stereocenters. The molecule has 5 heteroatoms. The van der Waals surface area contributed by atoms with Crippen molar-refractivity contribution in [1.82, 2.24) is 5.32 Å². The number of aromatic carboxylic acids is 1. The first-order valence-corrected chi connectivity index (χ1v) is 6.58. The molecule has 4 N–H and O–H groups in total. The number of carboxylic acids is 1. The Morgan fingerprint density at radius 2 is 1.90 bits per heavy atom. The summed E-state index contributed by atoms with van der Waals surface area (Å²) in [6, 6.07) is 6.18. The minimum Gasteiger partial charge on any atom is -0.478 e. The number of rotatable bonds is 5. The number of carbonyl (C=O) groups excluding carboxylic acids is 1. The van der Waals surface area contributed by atoms with Crippen molar-refractivity contribution in [2.24, 2.45) is 11.1 Å². The Morgan fingerprint density at radius 3 is 2.45 bits per heavy atom. The number of nitrogens with one attached hydrogen (secondary N) is 1. The number of amides is 1. The molecule has 0 heterocycles. The highest BCUT2D eigenvalue weighted by Crippen LogP contribution is 2.17. The van der Waals surface area contributed by atoms with Crippen molar-refractivity contribution in [3.05, 3.63) is 35.4 Å². The molecule has 1 unspecified atom stereocenters. The molecule has 0 fully saturated rings. The van der Waals surface area contributed by atoms with Gasteiger partial charge >= 0.3 is 5.97 Å². The summed E-state index contributed by atoms with van der Waals surface area (Å²) in [4.78, 5) is 22.9. The molecule has 20 heavy (non-hydrogen) atoms. The van der Waals surface area contributed by atoms with Crippen molar-refractivity contribution in [2.45, 2.75) is 33.2 Å². The SMILES string of the molecule is CC(C)(C)C(N)C(=O)NCCc1ccccc1C(=O)O. The Bertz CT molecular complexity index is 492. The van der Waals surface area contributed by atoms with Gasteiger partial charge in [-0.05, 0) is 23.5 Å². The van der Waals surface area contributed by atoms with E-state index in [0.29, 0.717) is 18.5 Å². The number of carbonyl (C=O) groups is 2. The number of nitrogens with two attached hydrogens (primary N) is 1. The molecule has 5 nitrogen and oxygen atoms in total. The second-order valence-electron chi connectivity index (χ2n) is 5.85. The van der Waals surface area contributed by atoms with Crippen molar-refractivity contribution in [3.63, 3.8) is 0 Å². The molecule has 0 aliphatic carbocycles. The lowest BCUT2D eigenvalue weighted by Crippen LogP contribution is -2.49. The molecular formula is C15H22N2O3. The van der Waals surface area contributed by atoms with E-state index in [0.717, 1.165) is 0 Å². The molecule has 0 aromatic heterocycles. The molecule has 0 spiro atoms. The van der Waals surface area contributed by atoms with Crippen molar-refractivity contribution >= 4 is 11.9 Å². The van der Waals surface area contributed by atoms with Crippen molar-refractivity contribution in [1.29, 1.82) is 0 Å². The molecule has 1 aromatic rings. The van der Waals surface area contributed by atoms with Gasteiger partial charge in [0.15, 0.2) is 0 Å². The van der Waals surface area contributed by atoms with Gasteiger partial charge < -0.3 is 16.2 Å². The fourth-order valence-corrected chi connectivity index (χ4v) is 1.77. The van der Waals surface area contributed by atoms with E-state index in [2.05, 4.69) is 5.32 Å². The van der Waals surface area contributed by atoms with Crippen LogP contribution in [-0.4, -0.2) is 29.6 Å². The number of hydrogen-bond acceptors (Lipinski definition) is 3. The highest BCUT2D eigenvalue weighted by molar-refractivity contribution is 5.89. The van der Waals surface area contributed by atoms with Crippen LogP contribution in [0.25, 0.3) is 0 Å². The van der Waals surface area contributed by atoms with E-state index < -0.39 is 12.0 Å². The van der Waals surface area contributed by atoms with E-state index in [9.17, 15) is 9.59 Å². The summed E-state index contributed by atoms with van der Waals surface area (Å²) in [5.74, 6) is -1.18. The van der Waals surface area contributed by atoms with Crippen molar-refractivity contribution < 1.29 is 14.7 Å². The van der Waals surface area contributed by atoms with Crippen LogP contribution < -0.4 is 11.1 Å². The third-order valence-electron chi connectivity index (χ3n) is 3.16. The number of carboxylic acid groups (broad SMARTS) is 1. The van der Waals surface area contributed by atoms with E-state index in [1.165, 1.54) is 0 Å². The summed E-state index contributed by atoms with van der Waals surface area (Å²) >= 11 is 0. The lowest BCUT2D eigenvalue weighted by molar-refractivity contribution is -0.124. The Hall–Kier alpha value is -1.88. The standard InChI is InChI=1S/C15H22N2O3/c1-15(2,3)12(16)13(18)17-9-8-10-6-4-5-7-11(10)14(19)20/h4-7,12H,8-9,16H2,1-3H3,(H,17,18)(H,19,20). The normalized spacial score (nSPS) is 12.8. The molecule has 1 amide bonds. The lowest BCUT2D eigenvalue weighted by Gasteiger charge is -2.25. The van der Waals surface area contributed by atoms with Crippen molar-refractivity contribution in [3.8, 4) is 0 Å². The fraction of sp³-hybridized carbons (Fsp3) is 0.467. The van der Waals surface area contributed by atoms with E-state index in [-0.39, 0.29) is 16.9 Å². The van der Waals surface area contributed by atoms with Gasteiger partial charge in [0.25, 0.3) is 0 Å². The summed E-state index contributed by atoms with van der Waals surface area (Å²) in [5.41, 5.74) is 6.51. The number of hydrogen-bond donors (Lipinski definition) is 3. The van der Waals surface area contributed by atoms with Gasteiger partial charge in [-0.25, -0.2) is 4.79 Å². The molecule has 0 aliphatic heterocycles. The van der Waals surface area contributed by atoms with Gasteiger partial charge in [0.05, 0.1) is 11.6 Å². The van der Waals surface area contributed by atoms with Gasteiger partial charge in [-0.1, -0.05) is 39.0 Å². The molecule has 0 radical (unpaired) electrons. The predicted octanol–water partition coefficient (Wildman–Crippen LogP) is 1.42. The van der Waals surface area contributed by atoms with Crippen LogP contribution in [0.4, 0.5) is 0 Å². The zero-order chi connectivity index (χ0) is 15.3. The zero-order valence-electron chi connectivity index (χ0n) is 12.1. The topological polar surface area (TPSA) is 92.4 Å². The molecular weight excluding hydrogens is 256 g/mol. The van der Waals surface area contributed by atoms with Crippen molar-refractivity contribution in [2.75, 3.05) is 6.54 Å². The molecule has 0 aliphatic rings. The largest absolute Gasteiger partial charge is 0.478 e. The Labute approximate surface area is 119 Å². The summed E-state index contributed by atoms with van der Waals surface area (Å²) in [7, 11) is 0. The van der Waals surface area contributed by atoms with Crippen LogP contribution in [0.3, 0.4) is 0 Å². The monoisotopic (exact) mass is 278 g/mol. The number of benzene rings is 1. The van der Waals surface area contributed by atoms with Crippen LogP contribution in [0.2, 0.25) is 0 Å². The highest BCUT2D eigenvalue weighted by Gasteiger charge is 2.27. The average molecular weight is 278 g/mol. The third kappa shape index (κ3) is 4.35. The van der Waals surface area contributed by atoms with E-state index >= 15 is 0 Å². The van der Waals surface area contributed by atoms with Gasteiger partial charge in [0.2, 0.25) is 5.91 Å². The zero-order valence-corrected chi connectivity index (χ0v) is 12.1. The van der Waals surface area contributed by atoms with E-state index in [1.807, 2.05) is 20.8 Å². The van der Waals surface area contributed by atoms with Crippen LogP contribution >= 0.6 is 0 Å². The Kier molecular flexibility index (Phi) is 5.27.